The Hall–Kier alpha value is -4.91. The highest BCUT2D eigenvalue weighted by Gasteiger charge is 2.14. The molecule has 1 amide bonds. The van der Waals surface area contributed by atoms with Crippen LogP contribution in [0.2, 0.25) is 0 Å². The molecule has 0 fully saturated rings. The fourth-order valence-corrected chi connectivity index (χ4v) is 3.52. The zero-order chi connectivity index (χ0) is 26.7. The van der Waals surface area contributed by atoms with Gasteiger partial charge in [0.2, 0.25) is 0 Å². The van der Waals surface area contributed by atoms with Gasteiger partial charge in [0, 0.05) is 0 Å². The lowest BCUT2D eigenvalue weighted by atomic mass is 10.1. The Morgan fingerprint density at radius 1 is 0.789 bits per heavy atom. The van der Waals surface area contributed by atoms with Crippen molar-refractivity contribution >= 4 is 18.1 Å². The summed E-state index contributed by atoms with van der Waals surface area (Å²) in [6.45, 7) is 4.11. The van der Waals surface area contributed by atoms with Crippen LogP contribution in [-0.2, 0) is 4.79 Å². The smallest absolute Gasteiger partial charge is 0.343 e. The van der Waals surface area contributed by atoms with E-state index in [1.165, 1.54) is 6.21 Å². The van der Waals surface area contributed by atoms with Crippen molar-refractivity contribution in [2.24, 2.45) is 5.10 Å². The number of ether oxygens (including phenoxy) is 3. The standard InChI is InChI=1S/C31H28N2O5/c1-3-36-27-17-13-26(14-18-27)31(35)38-29-15-9-23(10-16-29)21-32-33-30(34)22(2)37-28-19-11-25(12-20-28)24-7-5-4-6-8-24/h4-22H,3H2,1-2H3,(H,33,34)/b32-21+. The van der Waals surface area contributed by atoms with Crippen LogP contribution in [0, 0.1) is 0 Å². The van der Waals surface area contributed by atoms with Crippen molar-refractivity contribution in [3.63, 3.8) is 0 Å². The van der Waals surface area contributed by atoms with Crippen LogP contribution in [0.1, 0.15) is 29.8 Å². The van der Waals surface area contributed by atoms with Crippen molar-refractivity contribution in [1.82, 2.24) is 5.43 Å². The molecule has 0 aromatic heterocycles. The summed E-state index contributed by atoms with van der Waals surface area (Å²) >= 11 is 0. The predicted molar refractivity (Wildman–Crippen MR) is 147 cm³/mol. The molecule has 0 saturated heterocycles. The summed E-state index contributed by atoms with van der Waals surface area (Å²) in [7, 11) is 0. The van der Waals surface area contributed by atoms with Crippen molar-refractivity contribution in [3.8, 4) is 28.4 Å². The summed E-state index contributed by atoms with van der Waals surface area (Å²) in [5.74, 6) is 0.829. The first-order valence-corrected chi connectivity index (χ1v) is 12.2. The number of hydrogen-bond donors (Lipinski definition) is 1. The second-order valence-electron chi connectivity index (χ2n) is 8.30. The Balaban J connectivity index is 1.24. The van der Waals surface area contributed by atoms with E-state index < -0.39 is 12.1 Å². The van der Waals surface area contributed by atoms with Crippen molar-refractivity contribution in [2.45, 2.75) is 20.0 Å². The maximum Gasteiger partial charge on any atom is 0.343 e. The maximum absolute atomic E-state index is 12.4. The van der Waals surface area contributed by atoms with Crippen LogP contribution in [0.25, 0.3) is 11.1 Å². The van der Waals surface area contributed by atoms with Crippen LogP contribution in [0.15, 0.2) is 108 Å². The fraction of sp³-hybridized carbons (Fsp3) is 0.129. The third-order valence-corrected chi connectivity index (χ3v) is 5.52. The molecule has 0 aliphatic heterocycles. The second kappa shape index (κ2) is 12.9. The summed E-state index contributed by atoms with van der Waals surface area (Å²) in [5.41, 5.74) is 5.80. The normalized spacial score (nSPS) is 11.5. The van der Waals surface area contributed by atoms with E-state index >= 15 is 0 Å². The minimum Gasteiger partial charge on any atom is -0.494 e. The van der Waals surface area contributed by atoms with Crippen LogP contribution < -0.4 is 19.6 Å². The molecule has 38 heavy (non-hydrogen) atoms. The molecule has 4 aromatic carbocycles. The number of carbonyl (C=O) groups excluding carboxylic acids is 2. The van der Waals surface area contributed by atoms with Gasteiger partial charge in [-0.1, -0.05) is 42.5 Å². The van der Waals surface area contributed by atoms with E-state index in [1.54, 1.807) is 55.5 Å². The zero-order valence-electron chi connectivity index (χ0n) is 21.2. The van der Waals surface area contributed by atoms with E-state index in [4.69, 9.17) is 14.2 Å². The van der Waals surface area contributed by atoms with Crippen molar-refractivity contribution in [2.75, 3.05) is 6.61 Å². The number of benzene rings is 4. The molecule has 7 heteroatoms. The molecule has 4 aromatic rings. The van der Waals surface area contributed by atoms with Crippen molar-refractivity contribution in [1.29, 1.82) is 0 Å². The molecular formula is C31H28N2O5. The highest BCUT2D eigenvalue weighted by atomic mass is 16.5. The van der Waals surface area contributed by atoms with Gasteiger partial charge < -0.3 is 14.2 Å². The van der Waals surface area contributed by atoms with Gasteiger partial charge in [0.15, 0.2) is 6.10 Å². The fourth-order valence-electron chi connectivity index (χ4n) is 3.52. The molecule has 0 aliphatic rings. The topological polar surface area (TPSA) is 86.2 Å². The Morgan fingerprint density at radius 3 is 2.05 bits per heavy atom. The number of carbonyl (C=O) groups is 2. The first-order chi connectivity index (χ1) is 18.5. The summed E-state index contributed by atoms with van der Waals surface area (Å²) in [4.78, 5) is 24.7. The lowest BCUT2D eigenvalue weighted by Crippen LogP contribution is -2.33. The van der Waals surface area contributed by atoms with Crippen LogP contribution in [0.3, 0.4) is 0 Å². The van der Waals surface area contributed by atoms with E-state index in [0.29, 0.717) is 29.4 Å². The summed E-state index contributed by atoms with van der Waals surface area (Å²) in [6.07, 6.45) is 0.760. The first kappa shape index (κ1) is 26.2. The molecule has 1 atom stereocenters. The predicted octanol–water partition coefficient (Wildman–Crippen LogP) is 5.89. The van der Waals surface area contributed by atoms with Gasteiger partial charge in [-0.25, -0.2) is 10.2 Å². The average molecular weight is 509 g/mol. The second-order valence-corrected chi connectivity index (χ2v) is 8.30. The average Bonchev–Trinajstić information content (AvgIpc) is 2.95. The molecule has 1 N–H and O–H groups in total. The Morgan fingerprint density at radius 2 is 1.39 bits per heavy atom. The SMILES string of the molecule is CCOc1ccc(C(=O)Oc2ccc(/C=N/NC(=O)C(C)Oc3ccc(-c4ccccc4)cc3)cc2)cc1. The van der Waals surface area contributed by atoms with Crippen molar-refractivity contribution < 1.29 is 23.8 Å². The maximum atomic E-state index is 12.4. The van der Waals surface area contributed by atoms with E-state index in [-0.39, 0.29) is 5.91 Å². The van der Waals surface area contributed by atoms with Gasteiger partial charge in [-0.2, -0.15) is 5.10 Å². The minimum atomic E-state index is -0.737. The Kier molecular flexibility index (Phi) is 8.86. The van der Waals surface area contributed by atoms with Gasteiger partial charge in [0.05, 0.1) is 18.4 Å². The minimum absolute atomic E-state index is 0.380. The molecular weight excluding hydrogens is 480 g/mol. The van der Waals surface area contributed by atoms with Gasteiger partial charge >= 0.3 is 5.97 Å². The van der Waals surface area contributed by atoms with Crippen LogP contribution in [0.4, 0.5) is 0 Å². The van der Waals surface area contributed by atoms with E-state index in [1.807, 2.05) is 61.5 Å². The van der Waals surface area contributed by atoms with Crippen LogP contribution in [0.5, 0.6) is 17.2 Å². The van der Waals surface area contributed by atoms with Crippen molar-refractivity contribution in [3.05, 3.63) is 114 Å². The number of rotatable bonds is 10. The molecule has 0 bridgehead atoms. The Bertz CT molecular complexity index is 1370. The molecule has 0 radical (unpaired) electrons. The molecule has 4 rings (SSSR count). The molecule has 7 nitrogen and oxygen atoms in total. The molecule has 192 valence electrons. The lowest BCUT2D eigenvalue weighted by molar-refractivity contribution is -0.127. The van der Waals surface area contributed by atoms with Gasteiger partial charge in [0.25, 0.3) is 5.91 Å². The van der Waals surface area contributed by atoms with E-state index in [2.05, 4.69) is 10.5 Å². The number of hydrazone groups is 1. The van der Waals surface area contributed by atoms with Gasteiger partial charge in [0.1, 0.15) is 17.2 Å². The highest BCUT2D eigenvalue weighted by molar-refractivity contribution is 5.91. The van der Waals surface area contributed by atoms with Gasteiger partial charge in [-0.05, 0) is 91.2 Å². The largest absolute Gasteiger partial charge is 0.494 e. The van der Waals surface area contributed by atoms with Crippen LogP contribution in [-0.4, -0.2) is 30.8 Å². The summed E-state index contributed by atoms with van der Waals surface area (Å²) < 4.78 is 16.5. The third-order valence-electron chi connectivity index (χ3n) is 5.52. The van der Waals surface area contributed by atoms with E-state index in [0.717, 1.165) is 16.7 Å². The zero-order valence-corrected chi connectivity index (χ0v) is 21.2. The Labute approximate surface area is 221 Å². The quantitative estimate of drug-likeness (QED) is 0.125. The molecule has 0 spiro atoms. The first-order valence-electron chi connectivity index (χ1n) is 12.2. The van der Waals surface area contributed by atoms with Crippen LogP contribution >= 0.6 is 0 Å². The lowest BCUT2D eigenvalue weighted by Gasteiger charge is -2.13. The highest BCUT2D eigenvalue weighted by Crippen LogP contribution is 2.22. The number of esters is 1. The monoisotopic (exact) mass is 508 g/mol. The molecule has 0 heterocycles. The van der Waals surface area contributed by atoms with E-state index in [9.17, 15) is 9.59 Å². The summed E-state index contributed by atoms with van der Waals surface area (Å²) in [6, 6.07) is 31.1. The third kappa shape index (κ3) is 7.30. The number of nitrogens with one attached hydrogen (secondary N) is 1. The molecule has 0 aliphatic carbocycles. The van der Waals surface area contributed by atoms with Gasteiger partial charge in [-0.3, -0.25) is 4.79 Å². The molecule has 0 saturated carbocycles. The number of amides is 1. The number of nitrogens with zero attached hydrogens (tertiary/aromatic N) is 1. The molecule has 1 unspecified atom stereocenters. The number of hydrogen-bond acceptors (Lipinski definition) is 6. The summed E-state index contributed by atoms with van der Waals surface area (Å²) in [5, 5.41) is 4.00. The van der Waals surface area contributed by atoms with Gasteiger partial charge in [-0.15, -0.1) is 0 Å².